The lowest BCUT2D eigenvalue weighted by molar-refractivity contribution is 0.0785. The van der Waals surface area contributed by atoms with Crippen molar-refractivity contribution in [1.82, 2.24) is 4.90 Å². The molecule has 0 spiro atoms. The van der Waals surface area contributed by atoms with Crippen LogP contribution in [0, 0.1) is 11.8 Å². The van der Waals surface area contributed by atoms with E-state index in [0.29, 0.717) is 33.1 Å². The molecule has 18 heavy (non-hydrogen) atoms. The lowest BCUT2D eigenvalue weighted by Gasteiger charge is -2.17. The molecule has 1 aromatic carbocycles. The number of likely N-dealkylation sites (tertiary alicyclic amines) is 1. The average Bonchev–Trinajstić information content (AvgIpc) is 2.65. The Morgan fingerprint density at radius 3 is 2.11 bits per heavy atom. The molecule has 1 heterocycles. The van der Waals surface area contributed by atoms with Crippen LogP contribution in [0.3, 0.4) is 0 Å². The molecule has 3 nitrogen and oxygen atoms in total. The number of carbonyl (C=O) groups is 1. The number of nitrogen functional groups attached to an aromatic ring is 1. The first-order valence-corrected chi connectivity index (χ1v) is 6.69. The number of anilines is 1. The van der Waals surface area contributed by atoms with Crippen LogP contribution in [0.4, 0.5) is 5.69 Å². The van der Waals surface area contributed by atoms with Gasteiger partial charge in [0.1, 0.15) is 0 Å². The lowest BCUT2D eigenvalue weighted by Crippen LogP contribution is -2.28. The summed E-state index contributed by atoms with van der Waals surface area (Å²) in [6.45, 7) is 5.86. The molecule has 1 fully saturated rings. The first-order valence-electron chi connectivity index (χ1n) is 5.94. The van der Waals surface area contributed by atoms with Crippen LogP contribution < -0.4 is 5.73 Å². The molecule has 1 aliphatic rings. The molecule has 2 N–H and O–H groups in total. The Morgan fingerprint density at radius 2 is 1.67 bits per heavy atom. The molecule has 0 radical (unpaired) electrons. The summed E-state index contributed by atoms with van der Waals surface area (Å²) >= 11 is 11.9. The van der Waals surface area contributed by atoms with E-state index in [-0.39, 0.29) is 5.91 Å². The predicted molar refractivity (Wildman–Crippen MR) is 75.1 cm³/mol. The Morgan fingerprint density at radius 1 is 1.22 bits per heavy atom. The van der Waals surface area contributed by atoms with Crippen molar-refractivity contribution in [3.05, 3.63) is 27.7 Å². The molecule has 0 aromatic heterocycles. The van der Waals surface area contributed by atoms with Gasteiger partial charge in [0.2, 0.25) is 0 Å². The number of nitrogens with two attached hydrogens (primary N) is 1. The third kappa shape index (κ3) is 2.43. The van der Waals surface area contributed by atoms with E-state index in [0.717, 1.165) is 13.1 Å². The van der Waals surface area contributed by atoms with Gasteiger partial charge in [-0.15, -0.1) is 0 Å². The van der Waals surface area contributed by atoms with E-state index < -0.39 is 0 Å². The summed E-state index contributed by atoms with van der Waals surface area (Å²) < 4.78 is 0. The number of hydrogen-bond donors (Lipinski definition) is 1. The van der Waals surface area contributed by atoms with Crippen molar-refractivity contribution in [2.75, 3.05) is 18.8 Å². The number of hydrogen-bond acceptors (Lipinski definition) is 2. The van der Waals surface area contributed by atoms with Crippen LogP contribution in [0.5, 0.6) is 0 Å². The summed E-state index contributed by atoms with van der Waals surface area (Å²) in [6.07, 6.45) is 0. The summed E-state index contributed by atoms with van der Waals surface area (Å²) in [7, 11) is 0. The molecule has 0 bridgehead atoms. The maximum Gasteiger partial charge on any atom is 0.253 e. The van der Waals surface area contributed by atoms with Gasteiger partial charge in [-0.25, -0.2) is 0 Å². The monoisotopic (exact) mass is 286 g/mol. The topological polar surface area (TPSA) is 46.3 Å². The minimum atomic E-state index is -0.0324. The first-order chi connectivity index (χ1) is 8.40. The molecule has 1 aliphatic heterocycles. The first kappa shape index (κ1) is 13.5. The molecule has 0 aliphatic carbocycles. The Hall–Kier alpha value is -0.930. The van der Waals surface area contributed by atoms with Gasteiger partial charge >= 0.3 is 0 Å². The highest BCUT2D eigenvalue weighted by Gasteiger charge is 2.30. The van der Waals surface area contributed by atoms with Crippen LogP contribution >= 0.6 is 23.2 Å². The maximum absolute atomic E-state index is 12.3. The van der Waals surface area contributed by atoms with Gasteiger partial charge in [-0.1, -0.05) is 37.0 Å². The highest BCUT2D eigenvalue weighted by molar-refractivity contribution is 6.39. The van der Waals surface area contributed by atoms with Crippen molar-refractivity contribution < 1.29 is 4.79 Å². The highest BCUT2D eigenvalue weighted by atomic mass is 35.5. The summed E-state index contributed by atoms with van der Waals surface area (Å²) in [5.41, 5.74) is 6.48. The maximum atomic E-state index is 12.3. The minimum Gasteiger partial charge on any atom is -0.396 e. The molecular weight excluding hydrogens is 271 g/mol. The highest BCUT2D eigenvalue weighted by Crippen LogP contribution is 2.30. The van der Waals surface area contributed by atoms with Gasteiger partial charge < -0.3 is 10.6 Å². The third-order valence-electron chi connectivity index (χ3n) is 3.60. The molecule has 2 atom stereocenters. The quantitative estimate of drug-likeness (QED) is 0.805. The average molecular weight is 287 g/mol. The molecule has 2 rings (SSSR count). The van der Waals surface area contributed by atoms with Gasteiger partial charge in [-0.2, -0.15) is 0 Å². The molecular formula is C13H16Cl2N2O. The number of benzene rings is 1. The molecule has 98 valence electrons. The Balaban J connectivity index is 2.25. The van der Waals surface area contributed by atoms with Crippen LogP contribution in [-0.4, -0.2) is 23.9 Å². The fourth-order valence-corrected chi connectivity index (χ4v) is 2.67. The smallest absolute Gasteiger partial charge is 0.253 e. The second-order valence-electron chi connectivity index (χ2n) is 5.02. The zero-order chi connectivity index (χ0) is 13.4. The molecule has 1 aromatic rings. The van der Waals surface area contributed by atoms with Gasteiger partial charge in [0.25, 0.3) is 5.91 Å². The number of amides is 1. The summed E-state index contributed by atoms with van der Waals surface area (Å²) in [5.74, 6) is 1.01. The summed E-state index contributed by atoms with van der Waals surface area (Å²) in [6, 6.07) is 3.16. The fraction of sp³-hybridized carbons (Fsp3) is 0.462. The number of carbonyl (C=O) groups excluding carboxylic acids is 1. The number of rotatable bonds is 1. The minimum absolute atomic E-state index is 0.0324. The van der Waals surface area contributed by atoms with E-state index in [9.17, 15) is 4.79 Å². The Bertz CT molecular complexity index is 457. The van der Waals surface area contributed by atoms with E-state index in [1.54, 1.807) is 12.1 Å². The largest absolute Gasteiger partial charge is 0.396 e. The molecule has 5 heteroatoms. The van der Waals surface area contributed by atoms with Crippen molar-refractivity contribution in [3.63, 3.8) is 0 Å². The fourth-order valence-electron chi connectivity index (χ4n) is 2.19. The lowest BCUT2D eigenvalue weighted by atomic mass is 10.0. The van der Waals surface area contributed by atoms with Crippen molar-refractivity contribution >= 4 is 34.8 Å². The Labute approximate surface area is 117 Å². The van der Waals surface area contributed by atoms with Gasteiger partial charge in [-0.05, 0) is 24.0 Å². The van der Waals surface area contributed by atoms with E-state index in [1.165, 1.54) is 0 Å². The third-order valence-corrected chi connectivity index (χ3v) is 4.23. The van der Waals surface area contributed by atoms with Crippen LogP contribution in [0.1, 0.15) is 24.2 Å². The summed E-state index contributed by atoms with van der Waals surface area (Å²) in [4.78, 5) is 14.2. The molecule has 1 saturated heterocycles. The van der Waals surface area contributed by atoms with Crippen molar-refractivity contribution in [3.8, 4) is 0 Å². The zero-order valence-corrected chi connectivity index (χ0v) is 11.9. The van der Waals surface area contributed by atoms with Crippen molar-refractivity contribution in [1.29, 1.82) is 0 Å². The van der Waals surface area contributed by atoms with Crippen molar-refractivity contribution in [2.45, 2.75) is 13.8 Å². The van der Waals surface area contributed by atoms with Crippen LogP contribution in [0.25, 0.3) is 0 Å². The van der Waals surface area contributed by atoms with Gasteiger partial charge in [0.05, 0.1) is 15.7 Å². The normalized spacial score (nSPS) is 23.4. The SMILES string of the molecule is CC1CN(C(=O)c2cc(Cl)c(N)c(Cl)c2)CC1C. The molecule has 0 saturated carbocycles. The van der Waals surface area contributed by atoms with Gasteiger partial charge in [-0.3, -0.25) is 4.79 Å². The molecule has 2 unspecified atom stereocenters. The van der Waals surface area contributed by atoms with Crippen molar-refractivity contribution in [2.24, 2.45) is 11.8 Å². The van der Waals surface area contributed by atoms with E-state index in [1.807, 2.05) is 4.90 Å². The second kappa shape index (κ2) is 4.98. The number of nitrogens with zero attached hydrogens (tertiary/aromatic N) is 1. The van der Waals surface area contributed by atoms with E-state index >= 15 is 0 Å². The second-order valence-corrected chi connectivity index (χ2v) is 5.83. The van der Waals surface area contributed by atoms with Gasteiger partial charge in [0.15, 0.2) is 0 Å². The van der Waals surface area contributed by atoms with Crippen LogP contribution in [0.15, 0.2) is 12.1 Å². The number of halogens is 2. The Kier molecular flexibility index (Phi) is 3.74. The van der Waals surface area contributed by atoms with Crippen LogP contribution in [-0.2, 0) is 0 Å². The van der Waals surface area contributed by atoms with E-state index in [4.69, 9.17) is 28.9 Å². The molecule has 1 amide bonds. The predicted octanol–water partition coefficient (Wildman–Crippen LogP) is 3.30. The van der Waals surface area contributed by atoms with E-state index in [2.05, 4.69) is 13.8 Å². The summed E-state index contributed by atoms with van der Waals surface area (Å²) in [5, 5.41) is 0.650. The van der Waals surface area contributed by atoms with Gasteiger partial charge in [0, 0.05) is 18.7 Å². The zero-order valence-electron chi connectivity index (χ0n) is 10.4. The van der Waals surface area contributed by atoms with Crippen LogP contribution in [0.2, 0.25) is 10.0 Å². The standard InChI is InChI=1S/C13H16Cl2N2O/c1-7-5-17(6-8(7)2)13(18)9-3-10(14)12(16)11(15)4-9/h3-4,7-8H,5-6,16H2,1-2H3.